The van der Waals surface area contributed by atoms with E-state index >= 15 is 0 Å². The molecule has 4 nitrogen and oxygen atoms in total. The van der Waals surface area contributed by atoms with Gasteiger partial charge in [-0.25, -0.2) is 0 Å². The molecule has 0 aromatic rings. The van der Waals surface area contributed by atoms with Crippen molar-refractivity contribution in [2.45, 2.75) is 46.1 Å². The fourth-order valence-corrected chi connectivity index (χ4v) is 2.34. The topological polar surface area (TPSA) is 44.4 Å². The van der Waals surface area contributed by atoms with Gasteiger partial charge in [0.25, 0.3) is 0 Å². The van der Waals surface area contributed by atoms with Crippen LogP contribution in [0.15, 0.2) is 0 Å². The molecule has 1 aliphatic heterocycles. The lowest BCUT2D eigenvalue weighted by Gasteiger charge is -2.31. The van der Waals surface area contributed by atoms with Crippen LogP contribution in [0.5, 0.6) is 0 Å². The summed E-state index contributed by atoms with van der Waals surface area (Å²) < 4.78 is 0. The van der Waals surface area contributed by atoms with Gasteiger partial charge in [-0.1, -0.05) is 20.8 Å². The number of carbonyl (C=O) groups is 1. The van der Waals surface area contributed by atoms with Crippen LogP contribution in [0.1, 0.15) is 40.0 Å². The van der Waals surface area contributed by atoms with Gasteiger partial charge < -0.3 is 10.6 Å². The van der Waals surface area contributed by atoms with Crippen LogP contribution in [-0.4, -0.2) is 49.6 Å². The molecule has 0 aromatic carbocycles. The van der Waals surface area contributed by atoms with E-state index in [4.69, 9.17) is 0 Å². The molecule has 1 rings (SSSR count). The second-order valence-corrected chi connectivity index (χ2v) is 5.64. The molecule has 4 heteroatoms. The number of hydrogen-bond donors (Lipinski definition) is 2. The van der Waals surface area contributed by atoms with Crippen LogP contribution in [0.3, 0.4) is 0 Å². The smallest absolute Gasteiger partial charge is 0.234 e. The molecule has 0 aromatic heterocycles. The average Bonchev–Trinajstić information content (AvgIpc) is 2.31. The van der Waals surface area contributed by atoms with Crippen LogP contribution >= 0.6 is 0 Å². The molecule has 18 heavy (non-hydrogen) atoms. The highest BCUT2D eigenvalue weighted by Gasteiger charge is 2.19. The zero-order valence-corrected chi connectivity index (χ0v) is 12.2. The molecule has 2 N–H and O–H groups in total. The lowest BCUT2D eigenvalue weighted by molar-refractivity contribution is -0.122. The van der Waals surface area contributed by atoms with Gasteiger partial charge in [0.15, 0.2) is 0 Å². The molecule has 1 heterocycles. The van der Waals surface area contributed by atoms with Gasteiger partial charge in [0.2, 0.25) is 5.91 Å². The Balaban J connectivity index is 2.10. The molecular formula is C14H29N3O. The van der Waals surface area contributed by atoms with Gasteiger partial charge >= 0.3 is 0 Å². The van der Waals surface area contributed by atoms with E-state index in [-0.39, 0.29) is 5.91 Å². The third kappa shape index (κ3) is 6.36. The molecule has 0 aliphatic carbocycles. The molecule has 1 saturated heterocycles. The molecule has 106 valence electrons. The predicted octanol–water partition coefficient (Wildman–Crippen LogP) is 1.22. The molecule has 1 amide bonds. The maximum absolute atomic E-state index is 11.7. The highest BCUT2D eigenvalue weighted by molar-refractivity contribution is 5.77. The number of likely N-dealkylation sites (tertiary alicyclic amines) is 1. The first-order valence-corrected chi connectivity index (χ1v) is 7.34. The molecule has 0 bridgehead atoms. The number of piperidine rings is 1. The van der Waals surface area contributed by atoms with Crippen LogP contribution in [0.4, 0.5) is 0 Å². The summed E-state index contributed by atoms with van der Waals surface area (Å²) in [5.74, 6) is 0.832. The van der Waals surface area contributed by atoms with E-state index in [0.717, 1.165) is 45.4 Å². The highest BCUT2D eigenvalue weighted by Crippen LogP contribution is 2.09. The van der Waals surface area contributed by atoms with E-state index in [0.29, 0.717) is 18.5 Å². The van der Waals surface area contributed by atoms with E-state index in [1.807, 2.05) is 0 Å². The minimum absolute atomic E-state index is 0.178. The molecule has 0 spiro atoms. The Hall–Kier alpha value is -0.610. The quantitative estimate of drug-likeness (QED) is 0.719. The summed E-state index contributed by atoms with van der Waals surface area (Å²) in [6.07, 6.45) is 3.38. The minimum atomic E-state index is 0.178. The van der Waals surface area contributed by atoms with Gasteiger partial charge in [0.1, 0.15) is 0 Å². The summed E-state index contributed by atoms with van der Waals surface area (Å²) >= 11 is 0. The van der Waals surface area contributed by atoms with Gasteiger partial charge in [0.05, 0.1) is 6.54 Å². The first-order chi connectivity index (χ1) is 8.61. The van der Waals surface area contributed by atoms with Crippen molar-refractivity contribution in [2.24, 2.45) is 5.92 Å². The summed E-state index contributed by atoms with van der Waals surface area (Å²) in [4.78, 5) is 14.0. The summed E-state index contributed by atoms with van der Waals surface area (Å²) in [5.41, 5.74) is 0. The summed E-state index contributed by atoms with van der Waals surface area (Å²) in [6.45, 7) is 11.0. The maximum Gasteiger partial charge on any atom is 0.234 e. The Morgan fingerprint density at radius 1 is 1.33 bits per heavy atom. The summed E-state index contributed by atoms with van der Waals surface area (Å²) in [5, 5.41) is 6.48. The molecule has 0 atom stereocenters. The second-order valence-electron chi connectivity index (χ2n) is 5.64. The fraction of sp³-hybridized carbons (Fsp3) is 0.929. The first-order valence-electron chi connectivity index (χ1n) is 7.34. The van der Waals surface area contributed by atoms with Crippen molar-refractivity contribution in [1.29, 1.82) is 0 Å². The van der Waals surface area contributed by atoms with Crippen molar-refractivity contribution < 1.29 is 4.79 Å². The first kappa shape index (κ1) is 15.4. The number of carbonyl (C=O) groups excluding carboxylic acids is 1. The Labute approximate surface area is 111 Å². The second kappa shape index (κ2) is 8.48. The van der Waals surface area contributed by atoms with E-state index in [9.17, 15) is 4.79 Å². The lowest BCUT2D eigenvalue weighted by Crippen LogP contribution is -2.46. The average molecular weight is 255 g/mol. The Morgan fingerprint density at radius 3 is 2.56 bits per heavy atom. The van der Waals surface area contributed by atoms with Crippen LogP contribution in [0.2, 0.25) is 0 Å². The Bertz CT molecular complexity index is 235. The number of amides is 1. The summed E-state index contributed by atoms with van der Waals surface area (Å²) in [6, 6.07) is 0.648. The minimum Gasteiger partial charge on any atom is -0.355 e. The number of hydrogen-bond acceptors (Lipinski definition) is 3. The zero-order chi connectivity index (χ0) is 13.4. The summed E-state index contributed by atoms with van der Waals surface area (Å²) in [7, 11) is 0. The van der Waals surface area contributed by atoms with Crippen molar-refractivity contribution in [2.75, 3.05) is 32.7 Å². The normalized spacial score (nSPS) is 18.2. The van der Waals surface area contributed by atoms with Gasteiger partial charge in [0, 0.05) is 25.7 Å². The van der Waals surface area contributed by atoms with Crippen molar-refractivity contribution in [1.82, 2.24) is 15.5 Å². The fourth-order valence-electron chi connectivity index (χ4n) is 2.34. The van der Waals surface area contributed by atoms with Crippen LogP contribution < -0.4 is 10.6 Å². The van der Waals surface area contributed by atoms with E-state index < -0.39 is 0 Å². The number of nitrogens with zero attached hydrogens (tertiary/aromatic N) is 1. The third-order valence-electron chi connectivity index (χ3n) is 3.49. The molecule has 0 radical (unpaired) electrons. The SMILES string of the molecule is CCNC1CCN(CC(=O)NCCC(C)C)CC1. The Morgan fingerprint density at radius 2 is 2.00 bits per heavy atom. The largest absolute Gasteiger partial charge is 0.355 e. The molecular weight excluding hydrogens is 226 g/mol. The van der Waals surface area contributed by atoms with Crippen LogP contribution in [-0.2, 0) is 4.79 Å². The van der Waals surface area contributed by atoms with Gasteiger partial charge in [-0.15, -0.1) is 0 Å². The van der Waals surface area contributed by atoms with Crippen molar-refractivity contribution in [3.63, 3.8) is 0 Å². The zero-order valence-electron chi connectivity index (χ0n) is 12.2. The highest BCUT2D eigenvalue weighted by atomic mass is 16.2. The van der Waals surface area contributed by atoms with E-state index in [1.165, 1.54) is 0 Å². The van der Waals surface area contributed by atoms with Crippen molar-refractivity contribution in [3.8, 4) is 0 Å². The number of rotatable bonds is 7. The third-order valence-corrected chi connectivity index (χ3v) is 3.49. The van der Waals surface area contributed by atoms with Crippen molar-refractivity contribution in [3.05, 3.63) is 0 Å². The van der Waals surface area contributed by atoms with Gasteiger partial charge in [-0.05, 0) is 31.7 Å². The lowest BCUT2D eigenvalue weighted by atomic mass is 10.1. The van der Waals surface area contributed by atoms with Crippen LogP contribution in [0, 0.1) is 5.92 Å². The molecule has 1 fully saturated rings. The standard InChI is InChI=1S/C14H29N3O/c1-4-15-13-6-9-17(10-7-13)11-14(18)16-8-5-12(2)3/h12-13,15H,4-11H2,1-3H3,(H,16,18). The number of nitrogens with one attached hydrogen (secondary N) is 2. The molecule has 0 unspecified atom stereocenters. The molecule has 0 saturated carbocycles. The van der Waals surface area contributed by atoms with E-state index in [2.05, 4.69) is 36.3 Å². The Kier molecular flexibility index (Phi) is 7.28. The monoisotopic (exact) mass is 255 g/mol. The predicted molar refractivity (Wildman–Crippen MR) is 75.6 cm³/mol. The van der Waals surface area contributed by atoms with Crippen LogP contribution in [0.25, 0.3) is 0 Å². The molecule has 1 aliphatic rings. The maximum atomic E-state index is 11.7. The van der Waals surface area contributed by atoms with E-state index in [1.54, 1.807) is 0 Å². The van der Waals surface area contributed by atoms with Gasteiger partial charge in [-0.2, -0.15) is 0 Å². The van der Waals surface area contributed by atoms with Crippen molar-refractivity contribution >= 4 is 5.91 Å². The van der Waals surface area contributed by atoms with Gasteiger partial charge in [-0.3, -0.25) is 9.69 Å².